The van der Waals surface area contributed by atoms with Crippen molar-refractivity contribution < 1.29 is 14.3 Å². The molecule has 0 spiro atoms. The van der Waals surface area contributed by atoms with Gasteiger partial charge in [0.1, 0.15) is 6.61 Å². The Morgan fingerprint density at radius 3 is 2.79 bits per heavy atom. The first-order valence-corrected chi connectivity index (χ1v) is 8.58. The lowest BCUT2D eigenvalue weighted by atomic mass is 10.0. The van der Waals surface area contributed by atoms with Gasteiger partial charge in [0.15, 0.2) is 0 Å². The second kappa shape index (κ2) is 10.1. The standard InChI is InChI=1S/C18H27N3O3/c19-10-9-17(22)20-12-16-8-4-5-11-21(16)18(23)14-24-13-15-6-2-1-3-7-15/h1-3,6-7,16H,4-5,8-14,19H2,(H,20,22). The molecule has 1 unspecified atom stereocenters. The molecule has 1 aliphatic heterocycles. The zero-order chi connectivity index (χ0) is 17.2. The number of benzene rings is 1. The van der Waals surface area contributed by atoms with Crippen LogP contribution in [0.15, 0.2) is 30.3 Å². The first-order valence-electron chi connectivity index (χ1n) is 8.58. The molecule has 6 heteroatoms. The number of carbonyl (C=O) groups is 2. The Morgan fingerprint density at radius 2 is 2.04 bits per heavy atom. The number of hydrogen-bond acceptors (Lipinski definition) is 4. The van der Waals surface area contributed by atoms with Crippen molar-refractivity contribution in [2.45, 2.75) is 38.3 Å². The Labute approximate surface area is 143 Å². The third kappa shape index (κ3) is 5.94. The fourth-order valence-corrected chi connectivity index (χ4v) is 2.91. The summed E-state index contributed by atoms with van der Waals surface area (Å²) in [5, 5.41) is 2.87. The summed E-state index contributed by atoms with van der Waals surface area (Å²) < 4.78 is 5.55. The van der Waals surface area contributed by atoms with Crippen molar-refractivity contribution in [1.29, 1.82) is 0 Å². The lowest BCUT2D eigenvalue weighted by molar-refractivity contribution is -0.140. The normalized spacial score (nSPS) is 17.5. The Hall–Kier alpha value is -1.92. The minimum Gasteiger partial charge on any atom is -0.367 e. The van der Waals surface area contributed by atoms with Crippen molar-refractivity contribution in [2.24, 2.45) is 5.73 Å². The molecular formula is C18H27N3O3. The van der Waals surface area contributed by atoms with E-state index in [1.165, 1.54) is 0 Å². The predicted octanol–water partition coefficient (Wildman–Crippen LogP) is 1.05. The minimum atomic E-state index is -0.0594. The van der Waals surface area contributed by atoms with Crippen LogP contribution in [0.1, 0.15) is 31.2 Å². The van der Waals surface area contributed by atoms with Gasteiger partial charge in [-0.1, -0.05) is 30.3 Å². The van der Waals surface area contributed by atoms with Gasteiger partial charge in [0.05, 0.1) is 6.61 Å². The molecule has 1 aromatic rings. The summed E-state index contributed by atoms with van der Waals surface area (Å²) in [6, 6.07) is 9.85. The highest BCUT2D eigenvalue weighted by atomic mass is 16.5. The average molecular weight is 333 g/mol. The highest BCUT2D eigenvalue weighted by Gasteiger charge is 2.26. The molecule has 132 valence electrons. The van der Waals surface area contributed by atoms with E-state index in [0.717, 1.165) is 31.4 Å². The molecule has 1 fully saturated rings. The van der Waals surface area contributed by atoms with Gasteiger partial charge in [0.2, 0.25) is 11.8 Å². The molecule has 1 atom stereocenters. The molecule has 2 amide bonds. The molecule has 1 aromatic carbocycles. The van der Waals surface area contributed by atoms with Gasteiger partial charge in [0.25, 0.3) is 0 Å². The van der Waals surface area contributed by atoms with E-state index in [2.05, 4.69) is 5.32 Å². The topological polar surface area (TPSA) is 84.7 Å². The van der Waals surface area contributed by atoms with E-state index in [0.29, 0.717) is 26.1 Å². The molecule has 2 rings (SSSR count). The highest BCUT2D eigenvalue weighted by Crippen LogP contribution is 2.17. The van der Waals surface area contributed by atoms with Crippen LogP contribution in [0.3, 0.4) is 0 Å². The van der Waals surface area contributed by atoms with Crippen LogP contribution in [0, 0.1) is 0 Å². The Kier molecular flexibility index (Phi) is 7.71. The van der Waals surface area contributed by atoms with Crippen LogP contribution in [0.2, 0.25) is 0 Å². The van der Waals surface area contributed by atoms with Crippen molar-refractivity contribution in [3.05, 3.63) is 35.9 Å². The van der Waals surface area contributed by atoms with Gasteiger partial charge < -0.3 is 20.7 Å². The largest absolute Gasteiger partial charge is 0.367 e. The van der Waals surface area contributed by atoms with Crippen LogP contribution in [0.5, 0.6) is 0 Å². The average Bonchev–Trinajstić information content (AvgIpc) is 2.61. The Balaban J connectivity index is 1.78. The summed E-state index contributed by atoms with van der Waals surface area (Å²) in [7, 11) is 0. The monoisotopic (exact) mass is 333 g/mol. The number of piperidine rings is 1. The molecule has 6 nitrogen and oxygen atoms in total. The van der Waals surface area contributed by atoms with E-state index in [1.807, 2.05) is 35.2 Å². The summed E-state index contributed by atoms with van der Waals surface area (Å²) in [4.78, 5) is 25.9. The molecular weight excluding hydrogens is 306 g/mol. The zero-order valence-electron chi connectivity index (χ0n) is 14.1. The van der Waals surface area contributed by atoms with Crippen LogP contribution in [0.4, 0.5) is 0 Å². The fourth-order valence-electron chi connectivity index (χ4n) is 2.91. The van der Waals surface area contributed by atoms with Crippen molar-refractivity contribution >= 4 is 11.8 Å². The summed E-state index contributed by atoms with van der Waals surface area (Å²) in [6.45, 7) is 2.06. The van der Waals surface area contributed by atoms with Gasteiger partial charge in [0, 0.05) is 32.1 Å². The van der Waals surface area contributed by atoms with Gasteiger partial charge in [-0.05, 0) is 24.8 Å². The maximum atomic E-state index is 12.4. The van der Waals surface area contributed by atoms with Crippen LogP contribution >= 0.6 is 0 Å². The summed E-state index contributed by atoms with van der Waals surface area (Å²) >= 11 is 0. The van der Waals surface area contributed by atoms with Crippen LogP contribution < -0.4 is 11.1 Å². The van der Waals surface area contributed by atoms with E-state index < -0.39 is 0 Å². The smallest absolute Gasteiger partial charge is 0.248 e. The minimum absolute atomic E-state index is 0.0105. The molecule has 3 N–H and O–H groups in total. The second-order valence-corrected chi connectivity index (χ2v) is 6.06. The second-order valence-electron chi connectivity index (χ2n) is 6.06. The fraction of sp³-hybridized carbons (Fsp3) is 0.556. The van der Waals surface area contributed by atoms with E-state index >= 15 is 0 Å². The van der Waals surface area contributed by atoms with Gasteiger partial charge >= 0.3 is 0 Å². The number of carbonyl (C=O) groups excluding carboxylic acids is 2. The van der Waals surface area contributed by atoms with Crippen LogP contribution in [0.25, 0.3) is 0 Å². The molecule has 1 aliphatic rings. The number of ether oxygens (including phenoxy) is 1. The SMILES string of the molecule is NCCC(=O)NCC1CCCCN1C(=O)COCc1ccccc1. The zero-order valence-corrected chi connectivity index (χ0v) is 14.1. The first-order chi connectivity index (χ1) is 11.7. The summed E-state index contributed by atoms with van der Waals surface area (Å²) in [5.74, 6) is -0.0699. The van der Waals surface area contributed by atoms with Crippen LogP contribution in [-0.2, 0) is 20.9 Å². The van der Waals surface area contributed by atoms with Crippen molar-refractivity contribution in [1.82, 2.24) is 10.2 Å². The van der Waals surface area contributed by atoms with E-state index in [9.17, 15) is 9.59 Å². The number of nitrogens with two attached hydrogens (primary N) is 1. The maximum Gasteiger partial charge on any atom is 0.248 e. The number of hydrogen-bond donors (Lipinski definition) is 2. The van der Waals surface area contributed by atoms with Gasteiger partial charge in [-0.2, -0.15) is 0 Å². The number of nitrogens with zero attached hydrogens (tertiary/aromatic N) is 1. The molecule has 0 aliphatic carbocycles. The molecule has 0 radical (unpaired) electrons. The Bertz CT molecular complexity index is 522. The molecule has 0 bridgehead atoms. The Morgan fingerprint density at radius 1 is 1.25 bits per heavy atom. The molecule has 24 heavy (non-hydrogen) atoms. The number of rotatable bonds is 8. The predicted molar refractivity (Wildman–Crippen MR) is 92.1 cm³/mol. The van der Waals surface area contributed by atoms with E-state index in [-0.39, 0.29) is 24.5 Å². The molecule has 1 saturated heterocycles. The van der Waals surface area contributed by atoms with Crippen molar-refractivity contribution in [2.75, 3.05) is 26.2 Å². The molecule has 0 saturated carbocycles. The first kappa shape index (κ1) is 18.4. The third-order valence-corrected chi connectivity index (χ3v) is 4.19. The number of likely N-dealkylation sites (tertiary alicyclic amines) is 1. The van der Waals surface area contributed by atoms with Gasteiger partial charge in [-0.25, -0.2) is 0 Å². The summed E-state index contributed by atoms with van der Waals surface area (Å²) in [5.41, 5.74) is 6.43. The van der Waals surface area contributed by atoms with E-state index in [4.69, 9.17) is 10.5 Å². The third-order valence-electron chi connectivity index (χ3n) is 4.19. The summed E-state index contributed by atoms with van der Waals surface area (Å²) in [6.07, 6.45) is 3.30. The van der Waals surface area contributed by atoms with Gasteiger partial charge in [-0.15, -0.1) is 0 Å². The van der Waals surface area contributed by atoms with Crippen molar-refractivity contribution in [3.63, 3.8) is 0 Å². The highest BCUT2D eigenvalue weighted by molar-refractivity contribution is 5.78. The van der Waals surface area contributed by atoms with Crippen molar-refractivity contribution in [3.8, 4) is 0 Å². The maximum absolute atomic E-state index is 12.4. The lowest BCUT2D eigenvalue weighted by Gasteiger charge is -2.35. The number of amides is 2. The van der Waals surface area contributed by atoms with Gasteiger partial charge in [-0.3, -0.25) is 9.59 Å². The molecule has 0 aromatic heterocycles. The number of nitrogens with one attached hydrogen (secondary N) is 1. The lowest BCUT2D eigenvalue weighted by Crippen LogP contribution is -2.50. The molecule has 1 heterocycles. The quantitative estimate of drug-likeness (QED) is 0.745. The van der Waals surface area contributed by atoms with Crippen LogP contribution in [-0.4, -0.2) is 49.0 Å². The van der Waals surface area contributed by atoms with E-state index in [1.54, 1.807) is 0 Å².